The molecule has 30 heavy (non-hydrogen) atoms. The molecule has 162 valence electrons. The minimum Gasteiger partial charge on any atom is -0.497 e. The zero-order valence-electron chi connectivity index (χ0n) is 17.2. The molecule has 1 N–H and O–H groups in total. The molecule has 0 spiro atoms. The maximum absolute atomic E-state index is 13.0. The number of methoxy groups -OCH3 is 1. The summed E-state index contributed by atoms with van der Waals surface area (Å²) in [5.74, 6) is -0.0891. The summed E-state index contributed by atoms with van der Waals surface area (Å²) < 4.78 is 44.9. The van der Waals surface area contributed by atoms with Crippen LogP contribution < -0.4 is 10.1 Å². The second-order valence-corrected chi connectivity index (χ2v) is 9.53. The number of hydrogen-bond donors (Lipinski definition) is 1. The Morgan fingerprint density at radius 1 is 1.13 bits per heavy atom. The Morgan fingerprint density at radius 2 is 1.73 bits per heavy atom. The highest BCUT2D eigenvalue weighted by atomic mass is 32.2. The van der Waals surface area contributed by atoms with Gasteiger partial charge in [0.05, 0.1) is 18.9 Å². The Labute approximate surface area is 177 Å². The van der Waals surface area contributed by atoms with E-state index in [4.69, 9.17) is 4.74 Å². The third-order valence-corrected chi connectivity index (χ3v) is 7.31. The van der Waals surface area contributed by atoms with E-state index in [-0.39, 0.29) is 23.6 Å². The lowest BCUT2D eigenvalue weighted by Crippen LogP contribution is -2.43. The molecule has 1 saturated heterocycles. The molecule has 1 amide bonds. The molecule has 0 bridgehead atoms. The smallest absolute Gasteiger partial charge is 0.223 e. The number of halogens is 1. The fraction of sp³-hybridized carbons (Fsp3) is 0.409. The highest BCUT2D eigenvalue weighted by Gasteiger charge is 2.31. The maximum Gasteiger partial charge on any atom is 0.223 e. The van der Waals surface area contributed by atoms with Crippen molar-refractivity contribution in [3.8, 4) is 5.75 Å². The summed E-state index contributed by atoms with van der Waals surface area (Å²) in [7, 11) is -1.90. The third kappa shape index (κ3) is 5.58. The Bertz CT molecular complexity index is 954. The van der Waals surface area contributed by atoms with Gasteiger partial charge in [-0.25, -0.2) is 17.1 Å². The first-order valence-corrected chi connectivity index (χ1v) is 11.6. The van der Waals surface area contributed by atoms with E-state index >= 15 is 0 Å². The topological polar surface area (TPSA) is 75.7 Å². The normalized spacial score (nSPS) is 16.8. The van der Waals surface area contributed by atoms with Crippen LogP contribution in [-0.4, -0.2) is 38.8 Å². The zero-order valence-corrected chi connectivity index (χ0v) is 18.0. The molecule has 6 nitrogen and oxygen atoms in total. The standard InChI is InChI=1S/C22H27FN2O4S/c1-16(18-5-9-21(29-2)10-6-18)24-22(26)19-11-13-25(14-12-19)30(27,28)15-17-3-7-20(23)8-4-17/h3-10,16,19H,11-15H2,1-2H3,(H,24,26). The molecule has 2 aromatic rings. The number of rotatable bonds is 7. The van der Waals surface area contributed by atoms with Crippen molar-refractivity contribution < 1.29 is 22.3 Å². The number of carbonyl (C=O) groups is 1. The quantitative estimate of drug-likeness (QED) is 0.726. The summed E-state index contributed by atoms with van der Waals surface area (Å²) in [6, 6.07) is 12.8. The molecule has 0 aromatic heterocycles. The van der Waals surface area contributed by atoms with Gasteiger partial charge in [-0.15, -0.1) is 0 Å². The van der Waals surface area contributed by atoms with Gasteiger partial charge in [-0.1, -0.05) is 24.3 Å². The van der Waals surface area contributed by atoms with E-state index < -0.39 is 15.8 Å². The molecular weight excluding hydrogens is 407 g/mol. The Hall–Kier alpha value is -2.45. The van der Waals surface area contributed by atoms with Gasteiger partial charge in [0.15, 0.2) is 0 Å². The predicted octanol–water partition coefficient (Wildman–Crippen LogP) is 3.25. The van der Waals surface area contributed by atoms with Crippen LogP contribution in [0.15, 0.2) is 48.5 Å². The predicted molar refractivity (Wildman–Crippen MR) is 113 cm³/mol. The van der Waals surface area contributed by atoms with E-state index in [0.29, 0.717) is 31.5 Å². The van der Waals surface area contributed by atoms with Gasteiger partial charge in [0.25, 0.3) is 0 Å². The molecule has 1 fully saturated rings. The van der Waals surface area contributed by atoms with E-state index in [2.05, 4.69) is 5.32 Å². The van der Waals surface area contributed by atoms with Gasteiger partial charge < -0.3 is 10.1 Å². The van der Waals surface area contributed by atoms with E-state index in [1.165, 1.54) is 28.6 Å². The van der Waals surface area contributed by atoms with Gasteiger partial charge in [0.1, 0.15) is 11.6 Å². The van der Waals surface area contributed by atoms with Crippen molar-refractivity contribution in [1.29, 1.82) is 0 Å². The van der Waals surface area contributed by atoms with Crippen LogP contribution in [0.25, 0.3) is 0 Å². The highest BCUT2D eigenvalue weighted by Crippen LogP contribution is 2.24. The second kappa shape index (κ2) is 9.57. The summed E-state index contributed by atoms with van der Waals surface area (Å²) in [4.78, 5) is 12.6. The lowest BCUT2D eigenvalue weighted by Gasteiger charge is -2.31. The number of piperidine rings is 1. The number of sulfonamides is 1. The number of amides is 1. The van der Waals surface area contributed by atoms with Crippen molar-refractivity contribution in [3.63, 3.8) is 0 Å². The molecule has 0 radical (unpaired) electrons. The maximum atomic E-state index is 13.0. The lowest BCUT2D eigenvalue weighted by molar-refractivity contribution is -0.126. The molecular formula is C22H27FN2O4S. The average molecular weight is 435 g/mol. The number of carbonyl (C=O) groups excluding carboxylic acids is 1. The molecule has 1 aliphatic heterocycles. The van der Waals surface area contributed by atoms with Crippen molar-refractivity contribution in [2.75, 3.05) is 20.2 Å². The molecule has 0 aliphatic carbocycles. The summed E-state index contributed by atoms with van der Waals surface area (Å²) in [5, 5.41) is 3.02. The zero-order chi connectivity index (χ0) is 21.7. The minimum absolute atomic E-state index is 0.0612. The summed E-state index contributed by atoms with van der Waals surface area (Å²) in [6.07, 6.45) is 0.952. The van der Waals surface area contributed by atoms with Crippen LogP contribution in [0.4, 0.5) is 4.39 Å². The number of benzene rings is 2. The first-order valence-electron chi connectivity index (χ1n) is 9.95. The average Bonchev–Trinajstić information content (AvgIpc) is 2.75. The van der Waals surface area contributed by atoms with Crippen molar-refractivity contribution in [1.82, 2.24) is 9.62 Å². The molecule has 2 aromatic carbocycles. The van der Waals surface area contributed by atoms with Crippen LogP contribution in [-0.2, 0) is 20.6 Å². The SMILES string of the molecule is COc1ccc(C(C)NC(=O)C2CCN(S(=O)(=O)Cc3ccc(F)cc3)CC2)cc1. The first-order chi connectivity index (χ1) is 14.3. The molecule has 1 unspecified atom stereocenters. The van der Waals surface area contributed by atoms with E-state index in [9.17, 15) is 17.6 Å². The molecule has 1 heterocycles. The van der Waals surface area contributed by atoms with Crippen LogP contribution in [0.1, 0.15) is 36.9 Å². The lowest BCUT2D eigenvalue weighted by atomic mass is 9.96. The summed E-state index contributed by atoms with van der Waals surface area (Å²) in [5.41, 5.74) is 1.52. The van der Waals surface area contributed by atoms with Crippen LogP contribution in [0.3, 0.4) is 0 Å². The van der Waals surface area contributed by atoms with Crippen molar-refractivity contribution >= 4 is 15.9 Å². The molecule has 3 rings (SSSR count). The van der Waals surface area contributed by atoms with Gasteiger partial charge in [-0.3, -0.25) is 4.79 Å². The van der Waals surface area contributed by atoms with Crippen molar-refractivity contribution in [2.24, 2.45) is 5.92 Å². The number of ether oxygens (including phenoxy) is 1. The Balaban J connectivity index is 1.52. The number of nitrogens with zero attached hydrogens (tertiary/aromatic N) is 1. The molecule has 8 heteroatoms. The monoisotopic (exact) mass is 434 g/mol. The number of nitrogens with one attached hydrogen (secondary N) is 1. The third-order valence-electron chi connectivity index (χ3n) is 5.45. The van der Waals surface area contributed by atoms with Crippen LogP contribution >= 0.6 is 0 Å². The van der Waals surface area contributed by atoms with Crippen LogP contribution in [0, 0.1) is 11.7 Å². The largest absolute Gasteiger partial charge is 0.497 e. The van der Waals surface area contributed by atoms with E-state index in [1.807, 2.05) is 31.2 Å². The first kappa shape index (κ1) is 22.2. The molecule has 0 saturated carbocycles. The molecule has 1 aliphatic rings. The van der Waals surface area contributed by atoms with Crippen molar-refractivity contribution in [3.05, 3.63) is 65.5 Å². The van der Waals surface area contributed by atoms with Gasteiger partial charge in [-0.2, -0.15) is 0 Å². The van der Waals surface area contributed by atoms with Gasteiger partial charge in [0, 0.05) is 19.0 Å². The summed E-state index contributed by atoms with van der Waals surface area (Å²) in [6.45, 7) is 2.53. The highest BCUT2D eigenvalue weighted by molar-refractivity contribution is 7.88. The van der Waals surface area contributed by atoms with Gasteiger partial charge in [0.2, 0.25) is 15.9 Å². The number of hydrogen-bond acceptors (Lipinski definition) is 4. The Morgan fingerprint density at radius 3 is 2.30 bits per heavy atom. The van der Waals surface area contributed by atoms with Crippen molar-refractivity contribution in [2.45, 2.75) is 31.6 Å². The van der Waals surface area contributed by atoms with Gasteiger partial charge >= 0.3 is 0 Å². The Kier molecular flexibility index (Phi) is 7.10. The minimum atomic E-state index is -3.50. The van der Waals surface area contributed by atoms with Crippen LogP contribution in [0.5, 0.6) is 5.75 Å². The van der Waals surface area contributed by atoms with Gasteiger partial charge in [-0.05, 0) is 55.2 Å². The van der Waals surface area contributed by atoms with E-state index in [1.54, 1.807) is 7.11 Å². The fourth-order valence-corrected chi connectivity index (χ4v) is 5.15. The second-order valence-electron chi connectivity index (χ2n) is 7.56. The summed E-state index contributed by atoms with van der Waals surface area (Å²) >= 11 is 0. The van der Waals surface area contributed by atoms with E-state index in [0.717, 1.165) is 11.3 Å². The van der Waals surface area contributed by atoms with Crippen LogP contribution in [0.2, 0.25) is 0 Å². The fourth-order valence-electron chi connectivity index (χ4n) is 3.59. The molecule has 1 atom stereocenters.